The molecule has 16 fully saturated rings. The highest BCUT2D eigenvalue weighted by Crippen LogP contribution is 2.51. The van der Waals surface area contributed by atoms with E-state index in [1.165, 1.54) is 47.5 Å². The molecule has 6 aliphatic carbocycles. The summed E-state index contributed by atoms with van der Waals surface area (Å²) in [4.78, 5) is 161. The number of carbonyl (C=O) groups is 10. The first-order chi connectivity index (χ1) is 66.1. The van der Waals surface area contributed by atoms with E-state index in [1.807, 2.05) is 56.8 Å². The summed E-state index contributed by atoms with van der Waals surface area (Å²) in [6, 6.07) is 14.6. The lowest BCUT2D eigenvalue weighted by atomic mass is 9.77. The van der Waals surface area contributed by atoms with Crippen molar-refractivity contribution < 1.29 is 56.7 Å². The summed E-state index contributed by atoms with van der Waals surface area (Å²) in [5.41, 5.74) is 0.703. The summed E-state index contributed by atoms with van der Waals surface area (Å²) >= 11 is 0. The lowest BCUT2D eigenvalue weighted by Crippen LogP contribution is -2.51. The minimum atomic E-state index is -1.12. The second-order valence-electron chi connectivity index (χ2n) is 45.5. The van der Waals surface area contributed by atoms with Crippen LogP contribution in [0.5, 0.6) is 0 Å². The van der Waals surface area contributed by atoms with Gasteiger partial charge in [0.15, 0.2) is 0 Å². The third-order valence-electron chi connectivity index (χ3n) is 33.6. The molecule has 139 heavy (non-hydrogen) atoms. The summed E-state index contributed by atoms with van der Waals surface area (Å²) in [7, 11) is 17.9. The van der Waals surface area contributed by atoms with Gasteiger partial charge in [0.1, 0.15) is 24.4 Å². The molecule has 5 unspecified atom stereocenters. The minimum Gasteiger partial charge on any atom is -0.331 e. The molecule has 5 N–H and O–H groups in total. The lowest BCUT2D eigenvalue weighted by molar-refractivity contribution is -0.131. The van der Waals surface area contributed by atoms with Crippen molar-refractivity contribution in [3.63, 3.8) is 0 Å². The van der Waals surface area contributed by atoms with Crippen LogP contribution in [0.25, 0.3) is 14.5 Å². The number of benzene rings is 1. The molecule has 6 saturated carbocycles. The van der Waals surface area contributed by atoms with Crippen molar-refractivity contribution in [2.75, 3.05) is 201 Å². The normalized spacial score (nSPS) is 33.7. The lowest BCUT2D eigenvalue weighted by Gasteiger charge is -2.37. The molecule has 22 atom stereocenters. The van der Waals surface area contributed by atoms with Gasteiger partial charge in [-0.3, -0.25) is 53.2 Å². The number of nitrogens with zero attached hydrogens (tertiary/aromatic N) is 20. The number of amides is 15. The molecule has 15 amide bonds. The summed E-state index contributed by atoms with van der Waals surface area (Å²) < 4.78 is 27.3. The summed E-state index contributed by atoms with van der Waals surface area (Å²) in [6.07, 6.45) is 19.8. The largest absolute Gasteiger partial charge is 0.331 e. The van der Waals surface area contributed by atoms with Gasteiger partial charge in [0.05, 0.1) is 70.8 Å². The molecule has 10 heterocycles. The van der Waals surface area contributed by atoms with Crippen LogP contribution in [0.1, 0.15) is 180 Å². The van der Waals surface area contributed by atoms with Crippen molar-refractivity contribution in [2.45, 2.75) is 252 Å². The summed E-state index contributed by atoms with van der Waals surface area (Å²) in [5.74, 6) is 5.26. The average molecular weight is 1930 g/mol. The third-order valence-corrected chi connectivity index (χ3v) is 33.6. The van der Waals surface area contributed by atoms with Crippen molar-refractivity contribution in [1.82, 2.24) is 100 Å². The molecule has 17 rings (SSSR count). The first-order valence-electron chi connectivity index (χ1n) is 51.3. The summed E-state index contributed by atoms with van der Waals surface area (Å²) in [6.45, 7) is 39.5. The Bertz CT molecular complexity index is 4540. The van der Waals surface area contributed by atoms with Crippen LogP contribution in [0, 0.1) is 107 Å². The molecule has 10 saturated heterocycles. The molecule has 1 aromatic rings. The maximum absolute atomic E-state index is 13.8. The van der Waals surface area contributed by atoms with E-state index in [4.69, 9.17) is 30.2 Å². The van der Waals surface area contributed by atoms with Gasteiger partial charge < -0.3 is 85.4 Å². The SMILES string of the molecule is CN(C)C(=O)N1C[C@@H]2CC(C)(NCC(=O)N3CCC[C@H]3C#N)C[C@@H]2C1.CN(C)C(=O)N1C[C@@H]2CC(C)(NCC(=O)N3CCC[C@H]3C#N)C[C@@H]2C1.[C-]#[N+][C@@H]1CCCN1C(=O)CNC1(CC2CCCCC2)C[C@H]2CN(C(=O)N(C)C)C[C@H]2C1.[C-]#[N+][C@@H]1C[C@H](F)CN1C(=O)CNC1(C)C[C@H]2CN(C(=O)N(C)C)C[C@H]2C1.[C-]#[N+][C@@H]1C[C@H](F)CN1C(=O)CNC1(Cc2ccccc2)C[C@H]2CN(C(=O)N(C)C)C[C@H]2C1. The number of nitriles is 2. The highest BCUT2D eigenvalue weighted by atomic mass is 19.1. The number of hydrogen-bond acceptors (Lipinski definition) is 17. The Hall–Kier alpha value is -9.97. The van der Waals surface area contributed by atoms with Crippen LogP contribution >= 0.6 is 0 Å². The standard InChI is InChI=1S/C24H32FN5O2.C24H39N5O2.C18H28FN5O2.2C18H29N5O2/c1-26-21-9-20(25)16-30(21)22(31)13-27-24(10-17-7-5-4-6-8-17)11-18-14-29(15-19(18)12-24)23(32)28(2)3;1-25-21-10-7-11-29(21)22(30)15-26-24(12-18-8-5-4-6-9-18)13-19-16-28(17-20(19)14-24)23(31)27(2)3;1-18(21-8-16(25)24-11-14(19)5-15(24)20-2)6-12-9-23(10-13(12)7-18)17(26)22(3)4;2*1-18(20-10-16(24)23-6-4-5-15(23)9-19)7-13-11-22(12-14(13)8-18)17(25)21(2)3/h4-8,18-21,27H,9-16H2,2-3H3;18-21,26H,4-17H2,2-3H3;12-15,21H,5-11H2,1,3-4H3;2*13-15,20H,4-8,10-12H2,1-3H3/t18-,19+,20-,21-,24?;19-,20+,21-,24?;12-,13+,14-,15-,18?;2*13-,14+,15-,18?/m00000/s1. The van der Waals surface area contributed by atoms with E-state index in [0.29, 0.717) is 91.9 Å². The van der Waals surface area contributed by atoms with Gasteiger partial charge in [0.25, 0.3) is 0 Å². The van der Waals surface area contributed by atoms with Crippen LogP contribution in [-0.2, 0) is 30.4 Å². The van der Waals surface area contributed by atoms with Gasteiger partial charge in [-0.05, 0) is 201 Å². The quantitative estimate of drug-likeness (QED) is 0.0810. The van der Waals surface area contributed by atoms with Gasteiger partial charge in [-0.1, -0.05) is 62.4 Å². The Morgan fingerprint density at radius 1 is 0.360 bits per heavy atom. The number of alkyl halides is 2. The van der Waals surface area contributed by atoms with E-state index in [9.17, 15) is 56.7 Å². The Morgan fingerprint density at radius 2 is 0.640 bits per heavy atom. The molecule has 1 aromatic carbocycles. The van der Waals surface area contributed by atoms with Crippen molar-refractivity contribution in [1.29, 1.82) is 10.5 Å². The number of hydrogen-bond donors (Lipinski definition) is 5. The predicted octanol–water partition coefficient (Wildman–Crippen LogP) is 8.49. The molecule has 0 radical (unpaired) electrons. The second kappa shape index (κ2) is 46.0. The van der Waals surface area contributed by atoms with Crippen molar-refractivity contribution in [3.8, 4) is 12.1 Å². The average Bonchev–Trinajstić information content (AvgIpc) is 1.62. The monoisotopic (exact) mass is 1930 g/mol. The van der Waals surface area contributed by atoms with Crippen molar-refractivity contribution in [3.05, 3.63) is 70.1 Å². The van der Waals surface area contributed by atoms with Crippen molar-refractivity contribution >= 4 is 59.7 Å². The van der Waals surface area contributed by atoms with E-state index < -0.39 is 24.7 Å². The van der Waals surface area contributed by atoms with Crippen LogP contribution in [0.3, 0.4) is 0 Å². The van der Waals surface area contributed by atoms with Gasteiger partial charge in [-0.25, -0.2) is 52.5 Å². The molecule has 35 nitrogen and oxygen atoms in total. The number of likely N-dealkylation sites (tertiary alicyclic amines) is 10. The van der Waals surface area contributed by atoms with E-state index in [2.05, 4.69) is 86.2 Å². The molecule has 37 heteroatoms. The number of rotatable bonds is 19. The van der Waals surface area contributed by atoms with E-state index >= 15 is 0 Å². The zero-order valence-electron chi connectivity index (χ0n) is 84.9. The fourth-order valence-electron chi connectivity index (χ4n) is 27.0. The van der Waals surface area contributed by atoms with Crippen LogP contribution in [0.15, 0.2) is 30.3 Å². The smallest absolute Gasteiger partial charge is 0.319 e. The number of nitrogens with one attached hydrogen (secondary N) is 5. The molecule has 764 valence electrons. The van der Waals surface area contributed by atoms with E-state index in [-0.39, 0.29) is 145 Å². The first-order valence-corrected chi connectivity index (χ1v) is 51.3. The van der Waals surface area contributed by atoms with Gasteiger partial charge >= 0.3 is 48.7 Å². The van der Waals surface area contributed by atoms with Gasteiger partial charge in [-0.15, -0.1) is 0 Å². The Morgan fingerprint density at radius 3 is 0.957 bits per heavy atom. The maximum atomic E-state index is 13.8. The molecular formula is C102H157F2N25O10. The topological polar surface area (TPSA) is 340 Å². The van der Waals surface area contributed by atoms with Crippen LogP contribution in [0.4, 0.5) is 32.8 Å². The highest BCUT2D eigenvalue weighted by Gasteiger charge is 2.56. The zero-order valence-corrected chi connectivity index (χ0v) is 84.9. The molecule has 0 aromatic heterocycles. The fourth-order valence-corrected chi connectivity index (χ4v) is 27.0. The highest BCUT2D eigenvalue weighted by molar-refractivity contribution is 5.82. The number of urea groups is 5. The van der Waals surface area contributed by atoms with Crippen LogP contribution < -0.4 is 26.6 Å². The van der Waals surface area contributed by atoms with E-state index in [0.717, 1.165) is 193 Å². The molecular weight excluding hydrogens is 1770 g/mol. The van der Waals surface area contributed by atoms with Crippen LogP contribution in [-0.4, -0.2) is 405 Å². The third kappa shape index (κ3) is 25.9. The van der Waals surface area contributed by atoms with E-state index in [1.54, 1.807) is 95.6 Å². The fraction of sp³-hybridized carbons (Fsp3) is 0.794. The molecule has 0 bridgehead atoms. The molecule has 0 spiro atoms. The Balaban J connectivity index is 0.000000147. The molecule has 16 aliphatic rings. The zero-order chi connectivity index (χ0) is 100. The van der Waals surface area contributed by atoms with Gasteiger partial charge in [-0.2, -0.15) is 10.5 Å². The van der Waals surface area contributed by atoms with Gasteiger partial charge in [0.2, 0.25) is 29.5 Å². The van der Waals surface area contributed by atoms with Crippen LogP contribution in [0.2, 0.25) is 0 Å². The first kappa shape index (κ1) is 106. The summed E-state index contributed by atoms with van der Waals surface area (Å²) in [5, 5.41) is 35.8. The maximum Gasteiger partial charge on any atom is 0.319 e. The number of fused-ring (bicyclic) bond motifs is 5. The number of halogens is 2. The Labute approximate surface area is 823 Å². The number of carbonyl (C=O) groups excluding carboxylic acids is 10. The Kier molecular flexibility index (Phi) is 35.2. The molecule has 10 aliphatic heterocycles. The second-order valence-corrected chi connectivity index (χ2v) is 45.5. The van der Waals surface area contributed by atoms with Gasteiger partial charge in [0, 0.05) is 190 Å². The minimum absolute atomic E-state index is 0.00605. The van der Waals surface area contributed by atoms with Crippen molar-refractivity contribution in [2.24, 2.45) is 65.1 Å². The predicted molar refractivity (Wildman–Crippen MR) is 522 cm³/mol.